The fourth-order valence-electron chi connectivity index (χ4n) is 6.76. The molecule has 0 unspecified atom stereocenters. The van der Waals surface area contributed by atoms with Gasteiger partial charge in [0.2, 0.25) is 0 Å². The number of aliphatic carboxylic acids is 1. The van der Waals surface area contributed by atoms with Gasteiger partial charge in [-0.1, -0.05) is 84.4 Å². The Bertz CT molecular complexity index is 2050. The van der Waals surface area contributed by atoms with Gasteiger partial charge < -0.3 is 31.9 Å². The highest BCUT2D eigenvalue weighted by molar-refractivity contribution is 6.31. The minimum atomic E-state index is -0.737. The van der Waals surface area contributed by atoms with Crippen LogP contribution in [0.1, 0.15) is 36.0 Å². The first kappa shape index (κ1) is 40.3. The molecule has 9 nitrogen and oxygen atoms in total. The van der Waals surface area contributed by atoms with E-state index < -0.39 is 5.97 Å². The summed E-state index contributed by atoms with van der Waals surface area (Å²) in [6.45, 7) is 5.56. The molecule has 1 spiro atoms. The summed E-state index contributed by atoms with van der Waals surface area (Å²) in [6.07, 6.45) is 2.17. The third-order valence-corrected chi connectivity index (χ3v) is 10.1. The first-order valence-electron chi connectivity index (χ1n) is 17.5. The van der Waals surface area contributed by atoms with Crippen LogP contribution in [0.4, 0.5) is 0 Å². The molecule has 280 valence electrons. The smallest absolute Gasteiger partial charge is 0.340 e. The number of nitrogens with zero attached hydrogens (tertiary/aromatic N) is 5. The number of para-hydroxylation sites is 2. The molecule has 54 heavy (non-hydrogen) atoms. The summed E-state index contributed by atoms with van der Waals surface area (Å²) in [5, 5.41) is 19.0. The molecule has 0 saturated carbocycles. The molecule has 5 aromatic carbocycles. The normalized spacial score (nSPS) is 14.0. The number of carbonyl (C=O) groups is 1. The molecular formula is C42H42Cl3N5O4. The van der Waals surface area contributed by atoms with Crippen LogP contribution in [-0.4, -0.2) is 57.2 Å². The lowest BCUT2D eigenvalue weighted by Crippen LogP contribution is -3.00. The molecule has 6 aromatic rings. The number of aromatic nitrogens is 4. The van der Waals surface area contributed by atoms with Crippen LogP contribution in [0, 0.1) is 6.92 Å². The van der Waals surface area contributed by atoms with Gasteiger partial charge in [0.25, 0.3) is 0 Å². The number of carboxylic acids is 1. The van der Waals surface area contributed by atoms with E-state index in [4.69, 9.17) is 36.4 Å². The number of hydrogen-bond donors (Lipinski definition) is 1. The number of hydrogen-bond acceptors (Lipinski definition) is 6. The van der Waals surface area contributed by atoms with Crippen molar-refractivity contribution in [1.82, 2.24) is 19.9 Å². The maximum absolute atomic E-state index is 10.8. The van der Waals surface area contributed by atoms with Gasteiger partial charge in [0, 0.05) is 39.0 Å². The van der Waals surface area contributed by atoms with E-state index in [-0.39, 0.29) is 36.6 Å². The van der Waals surface area contributed by atoms with Crippen LogP contribution in [-0.2, 0) is 16.8 Å². The molecule has 2 aliphatic rings. The second-order valence-corrected chi connectivity index (χ2v) is 13.6. The zero-order valence-electron chi connectivity index (χ0n) is 29.9. The number of fused-ring (bicyclic) bond motifs is 2. The molecule has 0 amide bonds. The van der Waals surface area contributed by atoms with Gasteiger partial charge >= 0.3 is 11.8 Å². The molecule has 1 aromatic heterocycles. The van der Waals surface area contributed by atoms with Gasteiger partial charge in [-0.25, -0.2) is 0 Å². The molecule has 0 aliphatic carbocycles. The number of piperidine rings is 1. The van der Waals surface area contributed by atoms with Crippen molar-refractivity contribution in [2.75, 3.05) is 26.2 Å². The van der Waals surface area contributed by atoms with Crippen molar-refractivity contribution in [3.63, 3.8) is 0 Å². The number of likely N-dealkylation sites (tertiary alicyclic amines) is 1. The molecular weight excluding hydrogens is 745 g/mol. The Morgan fingerprint density at radius 3 is 2.24 bits per heavy atom. The van der Waals surface area contributed by atoms with Crippen molar-refractivity contribution in [3.05, 3.63) is 149 Å². The standard InChI is InChI=1S/C23H26ClNO4.C19H15N4.2ClH/c1-16-3-2-4-20(24)18(16)14-28-17-5-6-19-21(13-17)29-15-23(19)8-11-25(12-9-23)10-7-22(26)27;1-4-10-16(11-5-1)19-20-22(17-12-6-2-7-13-17)23(21-19)18-14-8-3-9-15-18;;/h2-6,13H,7-12,14-15H2,1H3,(H,26,27);1-15H;2*1H/q;+1;;/p-1. The Labute approximate surface area is 332 Å². The first-order valence-corrected chi connectivity index (χ1v) is 17.9. The minimum absolute atomic E-state index is 0. The average Bonchev–Trinajstić information content (AvgIpc) is 3.78. The number of rotatable bonds is 9. The van der Waals surface area contributed by atoms with Gasteiger partial charge in [0.15, 0.2) is 5.69 Å². The van der Waals surface area contributed by atoms with Gasteiger partial charge in [0.05, 0.1) is 23.7 Å². The molecule has 1 N–H and O–H groups in total. The van der Waals surface area contributed by atoms with Crippen molar-refractivity contribution < 1.29 is 36.6 Å². The van der Waals surface area contributed by atoms with E-state index in [1.54, 1.807) is 0 Å². The van der Waals surface area contributed by atoms with E-state index in [2.05, 4.69) is 11.0 Å². The minimum Gasteiger partial charge on any atom is -1.00 e. The Kier molecular flexibility index (Phi) is 13.7. The number of ether oxygens (including phenoxy) is 2. The quantitative estimate of drug-likeness (QED) is 0.205. The van der Waals surface area contributed by atoms with Gasteiger partial charge in [-0.05, 0) is 96.8 Å². The molecule has 12 heteroatoms. The summed E-state index contributed by atoms with van der Waals surface area (Å²) in [5.74, 6) is 1.63. The van der Waals surface area contributed by atoms with Gasteiger partial charge in [-0.15, -0.1) is 12.4 Å². The number of tetrazole rings is 1. The molecule has 1 saturated heterocycles. The van der Waals surface area contributed by atoms with E-state index in [0.29, 0.717) is 25.6 Å². The molecule has 2 aliphatic heterocycles. The van der Waals surface area contributed by atoms with E-state index in [0.717, 1.165) is 70.5 Å². The van der Waals surface area contributed by atoms with Crippen LogP contribution in [0.3, 0.4) is 0 Å². The summed E-state index contributed by atoms with van der Waals surface area (Å²) in [4.78, 5) is 16.7. The molecule has 8 rings (SSSR count). The van der Waals surface area contributed by atoms with Crippen molar-refractivity contribution >= 4 is 30.0 Å². The maximum atomic E-state index is 10.8. The molecule has 0 bridgehead atoms. The summed E-state index contributed by atoms with van der Waals surface area (Å²) in [5.41, 5.74) is 6.32. The number of aryl methyl sites for hydroxylation is 1. The lowest BCUT2D eigenvalue weighted by atomic mass is 9.74. The highest BCUT2D eigenvalue weighted by Gasteiger charge is 2.43. The fourth-order valence-corrected chi connectivity index (χ4v) is 7.04. The molecule has 0 radical (unpaired) electrons. The summed E-state index contributed by atoms with van der Waals surface area (Å²) < 4.78 is 12.0. The zero-order valence-corrected chi connectivity index (χ0v) is 32.2. The Morgan fingerprint density at radius 1 is 0.907 bits per heavy atom. The summed E-state index contributed by atoms with van der Waals surface area (Å²) >= 11 is 6.30. The van der Waals surface area contributed by atoms with Gasteiger partial charge in [0.1, 0.15) is 23.8 Å². The largest absolute Gasteiger partial charge is 1.00 e. The third-order valence-electron chi connectivity index (χ3n) is 9.78. The van der Waals surface area contributed by atoms with E-state index in [9.17, 15) is 4.79 Å². The lowest BCUT2D eigenvalue weighted by molar-refractivity contribution is -0.734. The van der Waals surface area contributed by atoms with Gasteiger partial charge in [-0.3, -0.25) is 4.79 Å². The maximum Gasteiger partial charge on any atom is 0.340 e. The van der Waals surface area contributed by atoms with Crippen molar-refractivity contribution in [3.8, 4) is 34.3 Å². The summed E-state index contributed by atoms with van der Waals surface area (Å²) in [7, 11) is 0. The first-order chi connectivity index (χ1) is 25.4. The van der Waals surface area contributed by atoms with E-state index >= 15 is 0 Å². The highest BCUT2D eigenvalue weighted by Crippen LogP contribution is 2.46. The summed E-state index contributed by atoms with van der Waals surface area (Å²) in [6, 6.07) is 42.0. The Morgan fingerprint density at radius 2 is 1.57 bits per heavy atom. The predicted octanol–water partition coefficient (Wildman–Crippen LogP) is 5.06. The Balaban J connectivity index is 0.000000205. The van der Waals surface area contributed by atoms with Crippen molar-refractivity contribution in [1.29, 1.82) is 0 Å². The lowest BCUT2D eigenvalue weighted by Gasteiger charge is -2.38. The van der Waals surface area contributed by atoms with Gasteiger partial charge in [-0.2, -0.15) is 0 Å². The van der Waals surface area contributed by atoms with Crippen molar-refractivity contribution in [2.45, 2.75) is 38.2 Å². The van der Waals surface area contributed by atoms with Crippen LogP contribution in [0.25, 0.3) is 22.8 Å². The van der Waals surface area contributed by atoms with E-state index in [1.165, 1.54) is 5.56 Å². The topological polar surface area (TPSA) is 93.6 Å². The fraction of sp³-hybridized carbons (Fsp3) is 0.238. The monoisotopic (exact) mass is 785 g/mol. The average molecular weight is 787 g/mol. The number of carboxylic acid groups (broad SMARTS) is 1. The van der Waals surface area contributed by atoms with Crippen LogP contribution in [0.15, 0.2) is 127 Å². The SMILES string of the molecule is Cc1cccc(Cl)c1COc1ccc2c(c1)OCC21CCN(CCC(=O)O)CC1.Cl.[Cl-].c1ccc(-c2nn(-c3ccccc3)[n+](-c3ccccc3)n2)cc1. The van der Waals surface area contributed by atoms with Crippen LogP contribution >= 0.6 is 24.0 Å². The second-order valence-electron chi connectivity index (χ2n) is 13.2. The number of benzene rings is 5. The van der Waals surface area contributed by atoms with Crippen LogP contribution in [0.5, 0.6) is 11.5 Å². The number of halogens is 3. The Hall–Kier alpha value is -4.93. The molecule has 3 heterocycles. The third kappa shape index (κ3) is 9.22. The zero-order chi connectivity index (χ0) is 35.9. The molecule has 0 atom stereocenters. The highest BCUT2D eigenvalue weighted by atomic mass is 35.5. The molecule has 1 fully saturated rings. The van der Waals surface area contributed by atoms with E-state index in [1.807, 2.05) is 138 Å². The predicted molar refractivity (Wildman–Crippen MR) is 208 cm³/mol. The van der Waals surface area contributed by atoms with Crippen molar-refractivity contribution in [2.24, 2.45) is 0 Å². The van der Waals surface area contributed by atoms with Crippen LogP contribution in [0.2, 0.25) is 5.02 Å². The second kappa shape index (κ2) is 18.4. The van der Waals surface area contributed by atoms with Crippen LogP contribution < -0.4 is 26.7 Å².